The number of benzene rings is 1. The fraction of sp³-hybridized carbons (Fsp3) is 0.562. The van der Waals surface area contributed by atoms with Gasteiger partial charge in [0.05, 0.1) is 6.04 Å². The lowest BCUT2D eigenvalue weighted by Crippen LogP contribution is -2.39. The van der Waals surface area contributed by atoms with E-state index >= 15 is 0 Å². The van der Waals surface area contributed by atoms with Crippen molar-refractivity contribution in [1.82, 2.24) is 10.2 Å². The van der Waals surface area contributed by atoms with E-state index in [-0.39, 0.29) is 24.2 Å². The molecule has 1 aromatic carbocycles. The van der Waals surface area contributed by atoms with Gasteiger partial charge in [0.1, 0.15) is 6.17 Å². The number of rotatable bonds is 5. The number of nitrogens with one attached hydrogen (secondary N) is 1. The average molecular weight is 308 g/mol. The van der Waals surface area contributed by atoms with Crippen LogP contribution in [0.25, 0.3) is 0 Å². The molecule has 21 heavy (non-hydrogen) atoms. The van der Waals surface area contributed by atoms with Crippen LogP contribution in [0.4, 0.5) is 0 Å². The minimum atomic E-state index is -0.825. The van der Waals surface area contributed by atoms with E-state index in [1.54, 1.807) is 6.26 Å². The predicted molar refractivity (Wildman–Crippen MR) is 86.4 cm³/mol. The van der Waals surface area contributed by atoms with Gasteiger partial charge in [-0.25, -0.2) is 0 Å². The van der Waals surface area contributed by atoms with Gasteiger partial charge in [-0.15, -0.1) is 0 Å². The Morgan fingerprint density at radius 2 is 2.05 bits per heavy atom. The summed E-state index contributed by atoms with van der Waals surface area (Å²) in [5.41, 5.74) is 2.31. The summed E-state index contributed by atoms with van der Waals surface area (Å²) in [5, 5.41) is 3.38. The Hall–Kier alpha value is -1.20. The third-order valence-corrected chi connectivity index (χ3v) is 4.90. The third-order valence-electron chi connectivity index (χ3n) is 4.09. The van der Waals surface area contributed by atoms with E-state index in [1.807, 2.05) is 30.9 Å². The Morgan fingerprint density at radius 1 is 1.38 bits per heavy atom. The Bertz CT molecular complexity index is 547. The minimum Gasteiger partial charge on any atom is -0.319 e. The third kappa shape index (κ3) is 3.52. The van der Waals surface area contributed by atoms with Crippen LogP contribution in [-0.4, -0.2) is 39.1 Å². The molecule has 4 unspecified atom stereocenters. The lowest BCUT2D eigenvalue weighted by atomic mass is 10.0. The number of carbonyl (C=O) groups is 1. The molecular formula is C16H24N2O2S. The largest absolute Gasteiger partial charge is 0.319 e. The molecule has 4 nitrogen and oxygen atoms in total. The van der Waals surface area contributed by atoms with Crippen LogP contribution >= 0.6 is 0 Å². The lowest BCUT2D eigenvalue weighted by Gasteiger charge is -2.31. The van der Waals surface area contributed by atoms with Crippen molar-refractivity contribution in [2.45, 2.75) is 45.4 Å². The van der Waals surface area contributed by atoms with Crippen LogP contribution in [0.3, 0.4) is 0 Å². The molecule has 0 radical (unpaired) electrons. The molecule has 116 valence electrons. The molecule has 0 bridgehead atoms. The zero-order valence-electron chi connectivity index (χ0n) is 13.1. The second-order valence-electron chi connectivity index (χ2n) is 5.81. The van der Waals surface area contributed by atoms with Gasteiger partial charge in [0.25, 0.3) is 0 Å². The van der Waals surface area contributed by atoms with E-state index in [1.165, 1.54) is 5.56 Å². The summed E-state index contributed by atoms with van der Waals surface area (Å²) in [6.45, 7) is 6.00. The summed E-state index contributed by atoms with van der Waals surface area (Å²) in [7, 11) is -0.825. The van der Waals surface area contributed by atoms with Crippen LogP contribution in [0.1, 0.15) is 37.6 Å². The molecule has 0 spiro atoms. The first-order chi connectivity index (χ1) is 9.91. The van der Waals surface area contributed by atoms with E-state index in [9.17, 15) is 9.00 Å². The van der Waals surface area contributed by atoms with E-state index in [2.05, 4.69) is 24.4 Å². The number of hydrogen-bond donors (Lipinski definition) is 1. The molecule has 1 aromatic rings. The Balaban J connectivity index is 2.25. The van der Waals surface area contributed by atoms with Crippen LogP contribution in [0.15, 0.2) is 24.3 Å². The van der Waals surface area contributed by atoms with E-state index < -0.39 is 10.8 Å². The van der Waals surface area contributed by atoms with Crippen molar-refractivity contribution in [3.63, 3.8) is 0 Å². The minimum absolute atomic E-state index is 0.0726. The SMILES string of the molecule is Cc1ccccc1C1NC(C)C(=O)N1C(C)CCS(C)=O. The van der Waals surface area contributed by atoms with Crippen molar-refractivity contribution in [2.75, 3.05) is 12.0 Å². The first kappa shape index (κ1) is 16.2. The van der Waals surface area contributed by atoms with Crippen LogP contribution < -0.4 is 5.32 Å². The van der Waals surface area contributed by atoms with Gasteiger partial charge in [0.15, 0.2) is 0 Å². The van der Waals surface area contributed by atoms with Crippen molar-refractivity contribution < 1.29 is 9.00 Å². The highest BCUT2D eigenvalue weighted by molar-refractivity contribution is 7.84. The van der Waals surface area contributed by atoms with Gasteiger partial charge in [-0.3, -0.25) is 14.3 Å². The topological polar surface area (TPSA) is 49.4 Å². The van der Waals surface area contributed by atoms with Gasteiger partial charge >= 0.3 is 0 Å². The second kappa shape index (κ2) is 6.71. The van der Waals surface area contributed by atoms with E-state index in [0.29, 0.717) is 5.75 Å². The summed E-state index contributed by atoms with van der Waals surface area (Å²) < 4.78 is 11.3. The standard InChI is InChI=1S/C16H24N2O2S/c1-11-7-5-6-8-14(11)15-17-13(3)16(19)18(15)12(2)9-10-21(4)20/h5-8,12-13,15,17H,9-10H2,1-4H3. The fourth-order valence-electron chi connectivity index (χ4n) is 2.82. The van der Waals surface area contributed by atoms with Crippen molar-refractivity contribution >= 4 is 16.7 Å². The molecule has 4 atom stereocenters. The van der Waals surface area contributed by atoms with Gasteiger partial charge < -0.3 is 4.90 Å². The van der Waals surface area contributed by atoms with Gasteiger partial charge in [0, 0.05) is 28.9 Å². The molecule has 0 aliphatic carbocycles. The van der Waals surface area contributed by atoms with Crippen LogP contribution in [0, 0.1) is 6.92 Å². The summed E-state index contributed by atoms with van der Waals surface area (Å²) in [6.07, 6.45) is 2.37. The molecule has 1 fully saturated rings. The summed E-state index contributed by atoms with van der Waals surface area (Å²) in [6, 6.07) is 8.03. The monoisotopic (exact) mass is 308 g/mol. The van der Waals surface area contributed by atoms with E-state index in [0.717, 1.165) is 12.0 Å². The van der Waals surface area contributed by atoms with Crippen molar-refractivity contribution in [1.29, 1.82) is 0 Å². The Morgan fingerprint density at radius 3 is 2.67 bits per heavy atom. The van der Waals surface area contributed by atoms with Crippen molar-refractivity contribution in [3.8, 4) is 0 Å². The normalized spacial score (nSPS) is 25.1. The number of amides is 1. The zero-order valence-corrected chi connectivity index (χ0v) is 13.9. The summed E-state index contributed by atoms with van der Waals surface area (Å²) in [4.78, 5) is 14.4. The maximum absolute atomic E-state index is 12.5. The first-order valence-electron chi connectivity index (χ1n) is 7.35. The summed E-state index contributed by atoms with van der Waals surface area (Å²) >= 11 is 0. The van der Waals surface area contributed by atoms with Crippen LogP contribution in [-0.2, 0) is 15.6 Å². The second-order valence-corrected chi connectivity index (χ2v) is 7.36. The molecule has 1 N–H and O–H groups in total. The molecule has 1 aliphatic rings. The number of hydrogen-bond acceptors (Lipinski definition) is 3. The molecule has 5 heteroatoms. The van der Waals surface area contributed by atoms with Gasteiger partial charge in [0.2, 0.25) is 5.91 Å². The zero-order chi connectivity index (χ0) is 15.6. The Kier molecular flexibility index (Phi) is 5.17. The number of aryl methyl sites for hydroxylation is 1. The average Bonchev–Trinajstić information content (AvgIpc) is 2.73. The molecule has 1 saturated heterocycles. The fourth-order valence-corrected chi connectivity index (χ4v) is 3.49. The van der Waals surface area contributed by atoms with Gasteiger partial charge in [-0.2, -0.15) is 0 Å². The van der Waals surface area contributed by atoms with Crippen molar-refractivity contribution in [3.05, 3.63) is 35.4 Å². The Labute approximate surface area is 129 Å². The highest BCUT2D eigenvalue weighted by atomic mass is 32.2. The number of carbonyl (C=O) groups excluding carboxylic acids is 1. The highest BCUT2D eigenvalue weighted by Crippen LogP contribution is 2.30. The molecular weight excluding hydrogens is 284 g/mol. The smallest absolute Gasteiger partial charge is 0.241 e. The molecule has 1 aliphatic heterocycles. The molecule has 2 rings (SSSR count). The molecule has 0 aromatic heterocycles. The van der Waals surface area contributed by atoms with Crippen LogP contribution in [0.5, 0.6) is 0 Å². The lowest BCUT2D eigenvalue weighted by molar-refractivity contribution is -0.131. The quantitative estimate of drug-likeness (QED) is 0.905. The highest BCUT2D eigenvalue weighted by Gasteiger charge is 2.39. The summed E-state index contributed by atoms with van der Waals surface area (Å²) in [5.74, 6) is 0.748. The number of nitrogens with zero attached hydrogens (tertiary/aromatic N) is 1. The van der Waals surface area contributed by atoms with Crippen LogP contribution in [0.2, 0.25) is 0 Å². The van der Waals surface area contributed by atoms with Gasteiger partial charge in [-0.05, 0) is 38.3 Å². The molecule has 1 heterocycles. The van der Waals surface area contributed by atoms with Crippen molar-refractivity contribution in [2.24, 2.45) is 0 Å². The van der Waals surface area contributed by atoms with Gasteiger partial charge in [-0.1, -0.05) is 24.3 Å². The predicted octanol–water partition coefficient (Wildman–Crippen LogP) is 1.97. The maximum atomic E-state index is 12.5. The first-order valence-corrected chi connectivity index (χ1v) is 9.08. The maximum Gasteiger partial charge on any atom is 0.241 e. The van der Waals surface area contributed by atoms with E-state index in [4.69, 9.17) is 0 Å². The molecule has 1 amide bonds. The molecule has 0 saturated carbocycles.